The molecule has 2 N–H and O–H groups in total. The molecule has 0 saturated heterocycles. The normalized spacial score (nSPS) is 11.7. The molecule has 0 unspecified atom stereocenters. The minimum atomic E-state index is -3.47. The number of benzene rings is 1. The predicted octanol–water partition coefficient (Wildman–Crippen LogP) is 2.64. The Morgan fingerprint density at radius 2 is 2.00 bits per heavy atom. The van der Waals surface area contributed by atoms with E-state index in [-0.39, 0.29) is 0 Å². The van der Waals surface area contributed by atoms with Crippen LogP contribution in [0.5, 0.6) is 0 Å². The lowest BCUT2D eigenvalue weighted by Crippen LogP contribution is -2.23. The van der Waals surface area contributed by atoms with Gasteiger partial charge in [-0.1, -0.05) is 13.0 Å². The number of hydrogen-bond acceptors (Lipinski definition) is 4. The van der Waals surface area contributed by atoms with Gasteiger partial charge >= 0.3 is 0 Å². The highest BCUT2D eigenvalue weighted by Gasteiger charge is 2.15. The van der Waals surface area contributed by atoms with E-state index in [4.69, 9.17) is 0 Å². The Labute approximate surface area is 130 Å². The van der Waals surface area contributed by atoms with Gasteiger partial charge in [-0.15, -0.1) is 0 Å². The monoisotopic (exact) mass is 324 g/mol. The van der Waals surface area contributed by atoms with Gasteiger partial charge < -0.3 is 5.32 Å². The predicted molar refractivity (Wildman–Crippen MR) is 86.9 cm³/mol. The average molecular weight is 324 g/mol. The summed E-state index contributed by atoms with van der Waals surface area (Å²) >= 11 is 1.56. The van der Waals surface area contributed by atoms with Gasteiger partial charge in [0.15, 0.2) is 0 Å². The molecule has 0 spiro atoms. The number of rotatable bonds is 7. The Kier molecular flexibility index (Phi) is 5.52. The van der Waals surface area contributed by atoms with Crippen LogP contribution in [0.2, 0.25) is 0 Å². The van der Waals surface area contributed by atoms with Crippen LogP contribution in [0.25, 0.3) is 0 Å². The van der Waals surface area contributed by atoms with Gasteiger partial charge in [-0.2, -0.15) is 11.3 Å². The standard InChI is InChI=1S/C15H20N2O2S2/c1-3-16-10-14-8-15(5-4-12(14)2)21(18,19)17-9-13-6-7-20-11-13/h4-8,11,16-17H,3,9-10H2,1-2H3. The molecule has 0 aliphatic carbocycles. The summed E-state index contributed by atoms with van der Waals surface area (Å²) in [6.07, 6.45) is 0. The number of nitrogens with one attached hydrogen (secondary N) is 2. The van der Waals surface area contributed by atoms with Crippen molar-refractivity contribution in [1.82, 2.24) is 10.0 Å². The average Bonchev–Trinajstić information content (AvgIpc) is 2.97. The van der Waals surface area contributed by atoms with Crippen molar-refractivity contribution in [3.8, 4) is 0 Å². The maximum atomic E-state index is 12.3. The first-order valence-electron chi connectivity index (χ1n) is 6.84. The lowest BCUT2D eigenvalue weighted by molar-refractivity contribution is 0.581. The van der Waals surface area contributed by atoms with Gasteiger partial charge in [0, 0.05) is 13.1 Å². The van der Waals surface area contributed by atoms with Crippen molar-refractivity contribution in [3.05, 3.63) is 51.7 Å². The van der Waals surface area contributed by atoms with Crippen LogP contribution in [0.4, 0.5) is 0 Å². The summed E-state index contributed by atoms with van der Waals surface area (Å²) in [6, 6.07) is 7.17. The van der Waals surface area contributed by atoms with Crippen LogP contribution in [0, 0.1) is 6.92 Å². The Morgan fingerprint density at radius 3 is 2.67 bits per heavy atom. The fourth-order valence-electron chi connectivity index (χ4n) is 1.92. The van der Waals surface area contributed by atoms with Crippen LogP contribution in [-0.2, 0) is 23.1 Å². The first-order chi connectivity index (χ1) is 10.0. The summed E-state index contributed by atoms with van der Waals surface area (Å²) in [5.41, 5.74) is 3.08. The summed E-state index contributed by atoms with van der Waals surface area (Å²) in [6.45, 7) is 5.87. The van der Waals surface area contributed by atoms with Crippen LogP contribution in [0.15, 0.2) is 39.9 Å². The molecule has 0 amide bonds. The molecule has 1 heterocycles. The van der Waals surface area contributed by atoms with Crippen LogP contribution < -0.4 is 10.0 Å². The number of aryl methyl sites for hydroxylation is 1. The second kappa shape index (κ2) is 7.17. The summed E-state index contributed by atoms with van der Waals surface area (Å²) in [5, 5.41) is 7.10. The molecule has 0 aliphatic rings. The van der Waals surface area contributed by atoms with E-state index in [0.717, 1.165) is 23.2 Å². The zero-order valence-electron chi connectivity index (χ0n) is 12.2. The molecule has 0 fully saturated rings. The van der Waals surface area contributed by atoms with E-state index in [0.29, 0.717) is 18.0 Å². The van der Waals surface area contributed by atoms with Crippen LogP contribution in [0.1, 0.15) is 23.6 Å². The number of sulfonamides is 1. The minimum Gasteiger partial charge on any atom is -0.313 e. The van der Waals surface area contributed by atoms with Gasteiger partial charge in [-0.3, -0.25) is 0 Å². The molecule has 0 saturated carbocycles. The molecular weight excluding hydrogens is 304 g/mol. The molecule has 1 aromatic heterocycles. The minimum absolute atomic E-state index is 0.316. The molecular formula is C15H20N2O2S2. The van der Waals surface area contributed by atoms with Crippen molar-refractivity contribution in [1.29, 1.82) is 0 Å². The first kappa shape index (κ1) is 16.2. The topological polar surface area (TPSA) is 58.2 Å². The molecule has 114 valence electrons. The van der Waals surface area contributed by atoms with Crippen molar-refractivity contribution in [2.75, 3.05) is 6.54 Å². The Hall–Kier alpha value is -1.21. The fourth-order valence-corrected chi connectivity index (χ4v) is 3.66. The SMILES string of the molecule is CCNCc1cc(S(=O)(=O)NCc2ccsc2)ccc1C. The maximum absolute atomic E-state index is 12.3. The quantitative estimate of drug-likeness (QED) is 0.823. The Balaban J connectivity index is 2.15. The summed E-state index contributed by atoms with van der Waals surface area (Å²) < 4.78 is 27.3. The molecule has 0 radical (unpaired) electrons. The highest BCUT2D eigenvalue weighted by atomic mass is 32.2. The van der Waals surface area contributed by atoms with Crippen molar-refractivity contribution < 1.29 is 8.42 Å². The van der Waals surface area contributed by atoms with Gasteiger partial charge in [-0.25, -0.2) is 13.1 Å². The molecule has 1 aromatic carbocycles. The van der Waals surface area contributed by atoms with E-state index >= 15 is 0 Å². The smallest absolute Gasteiger partial charge is 0.240 e. The van der Waals surface area contributed by atoms with E-state index in [9.17, 15) is 8.42 Å². The number of thiophene rings is 1. The maximum Gasteiger partial charge on any atom is 0.240 e. The summed E-state index contributed by atoms with van der Waals surface area (Å²) in [5.74, 6) is 0. The zero-order valence-corrected chi connectivity index (χ0v) is 13.9. The van der Waals surface area contributed by atoms with Gasteiger partial charge in [0.05, 0.1) is 4.90 Å². The first-order valence-corrected chi connectivity index (χ1v) is 9.26. The fraction of sp³-hybridized carbons (Fsp3) is 0.333. The molecule has 0 bridgehead atoms. The van der Waals surface area contributed by atoms with E-state index in [1.165, 1.54) is 0 Å². The van der Waals surface area contributed by atoms with E-state index in [2.05, 4.69) is 10.0 Å². The molecule has 2 aromatic rings. The van der Waals surface area contributed by atoms with Crippen molar-refractivity contribution >= 4 is 21.4 Å². The third kappa shape index (κ3) is 4.38. The third-order valence-corrected chi connectivity index (χ3v) is 5.37. The molecule has 0 atom stereocenters. The lowest BCUT2D eigenvalue weighted by Gasteiger charge is -2.11. The highest BCUT2D eigenvalue weighted by Crippen LogP contribution is 2.16. The molecule has 4 nitrogen and oxygen atoms in total. The van der Waals surface area contributed by atoms with Gasteiger partial charge in [0.1, 0.15) is 0 Å². The van der Waals surface area contributed by atoms with Crippen molar-refractivity contribution in [2.45, 2.75) is 31.8 Å². The van der Waals surface area contributed by atoms with Gasteiger partial charge in [0.25, 0.3) is 0 Å². The summed E-state index contributed by atoms with van der Waals surface area (Å²) in [4.78, 5) is 0.316. The number of hydrogen-bond donors (Lipinski definition) is 2. The van der Waals surface area contributed by atoms with Crippen LogP contribution >= 0.6 is 11.3 Å². The van der Waals surface area contributed by atoms with Gasteiger partial charge in [-0.05, 0) is 59.1 Å². The third-order valence-electron chi connectivity index (χ3n) is 3.24. The zero-order chi connectivity index (χ0) is 15.3. The Morgan fingerprint density at radius 1 is 1.19 bits per heavy atom. The summed E-state index contributed by atoms with van der Waals surface area (Å²) in [7, 11) is -3.47. The van der Waals surface area contributed by atoms with Crippen LogP contribution in [0.3, 0.4) is 0 Å². The van der Waals surface area contributed by atoms with E-state index in [1.807, 2.05) is 36.7 Å². The second-order valence-corrected chi connectivity index (χ2v) is 7.37. The molecule has 2 rings (SSSR count). The van der Waals surface area contributed by atoms with Crippen molar-refractivity contribution in [3.63, 3.8) is 0 Å². The lowest BCUT2D eigenvalue weighted by atomic mass is 10.1. The second-order valence-electron chi connectivity index (χ2n) is 4.82. The molecule has 21 heavy (non-hydrogen) atoms. The van der Waals surface area contributed by atoms with E-state index < -0.39 is 10.0 Å². The largest absolute Gasteiger partial charge is 0.313 e. The highest BCUT2D eigenvalue weighted by molar-refractivity contribution is 7.89. The van der Waals surface area contributed by atoms with Crippen LogP contribution in [-0.4, -0.2) is 15.0 Å². The molecule has 6 heteroatoms. The molecule has 0 aliphatic heterocycles. The van der Waals surface area contributed by atoms with Gasteiger partial charge in [0.2, 0.25) is 10.0 Å². The Bertz CT molecular complexity index is 680. The van der Waals surface area contributed by atoms with Crippen molar-refractivity contribution in [2.24, 2.45) is 0 Å². The van der Waals surface area contributed by atoms with E-state index in [1.54, 1.807) is 23.5 Å².